The van der Waals surface area contributed by atoms with E-state index in [0.717, 1.165) is 25.3 Å². The Morgan fingerprint density at radius 1 is 1.14 bits per heavy atom. The van der Waals surface area contributed by atoms with Crippen LogP contribution >= 0.6 is 12.2 Å². The van der Waals surface area contributed by atoms with Gasteiger partial charge in [-0.2, -0.15) is 13.2 Å². The molecule has 2 nitrogen and oxygen atoms in total. The highest BCUT2D eigenvalue weighted by Gasteiger charge is 2.35. The average Bonchev–Trinajstić information content (AvgIpc) is 2.43. The van der Waals surface area contributed by atoms with Gasteiger partial charge in [0.25, 0.3) is 0 Å². The van der Waals surface area contributed by atoms with Gasteiger partial charge in [-0.3, -0.25) is 0 Å². The van der Waals surface area contributed by atoms with Crippen molar-refractivity contribution < 1.29 is 13.2 Å². The zero-order valence-electron chi connectivity index (χ0n) is 12.5. The minimum atomic E-state index is -4.48. The van der Waals surface area contributed by atoms with E-state index >= 15 is 0 Å². The van der Waals surface area contributed by atoms with E-state index in [1.54, 1.807) is 6.07 Å². The molecule has 0 saturated carbocycles. The summed E-state index contributed by atoms with van der Waals surface area (Å²) in [4.78, 5) is -0.249. The smallest absolute Gasteiger partial charge is 0.389 e. The summed E-state index contributed by atoms with van der Waals surface area (Å²) in [6.07, 6.45) is -1.99. The quantitative estimate of drug-likeness (QED) is 0.745. The van der Waals surface area contributed by atoms with E-state index in [9.17, 15) is 13.2 Å². The summed E-state index contributed by atoms with van der Waals surface area (Å²) in [6, 6.07) is 4.02. The molecule has 0 saturated heterocycles. The van der Waals surface area contributed by atoms with Gasteiger partial charge in [-0.15, -0.1) is 0 Å². The van der Waals surface area contributed by atoms with Gasteiger partial charge in [0.05, 0.1) is 5.56 Å². The van der Waals surface area contributed by atoms with E-state index in [0.29, 0.717) is 5.69 Å². The number of benzene rings is 1. The van der Waals surface area contributed by atoms with Crippen LogP contribution in [-0.4, -0.2) is 10.5 Å². The standard InChI is InChI=1S/C15H21F3N2S/c1-4-14(5-2,6-3)20-10-7-8-11(13(19)21)12(9-10)15(16,17)18/h7-9,20H,4-6H2,1-3H3,(H2,19,21). The number of nitrogens with two attached hydrogens (primary N) is 1. The molecule has 1 rings (SSSR count). The molecule has 0 aliphatic carbocycles. The summed E-state index contributed by atoms with van der Waals surface area (Å²) < 4.78 is 39.4. The van der Waals surface area contributed by atoms with Crippen molar-refractivity contribution in [3.63, 3.8) is 0 Å². The second-order valence-electron chi connectivity index (χ2n) is 5.09. The average molecular weight is 318 g/mol. The Balaban J connectivity index is 3.26. The van der Waals surface area contributed by atoms with Gasteiger partial charge in [0.1, 0.15) is 4.99 Å². The Morgan fingerprint density at radius 3 is 2.05 bits per heavy atom. The predicted molar refractivity (Wildman–Crippen MR) is 84.6 cm³/mol. The Morgan fingerprint density at radius 2 is 1.67 bits per heavy atom. The minimum absolute atomic E-state index is 0.141. The molecule has 0 radical (unpaired) electrons. The zero-order valence-corrected chi connectivity index (χ0v) is 13.3. The van der Waals surface area contributed by atoms with Gasteiger partial charge >= 0.3 is 6.18 Å². The third-order valence-corrected chi connectivity index (χ3v) is 4.25. The summed E-state index contributed by atoms with van der Waals surface area (Å²) in [5.41, 5.74) is 4.68. The zero-order chi connectivity index (χ0) is 16.3. The lowest BCUT2D eigenvalue weighted by Gasteiger charge is -2.33. The molecule has 0 atom stereocenters. The number of hydrogen-bond donors (Lipinski definition) is 2. The number of nitrogens with one attached hydrogen (secondary N) is 1. The Kier molecular flexibility index (Phi) is 5.61. The Bertz CT molecular complexity index is 500. The monoisotopic (exact) mass is 318 g/mol. The maximum absolute atomic E-state index is 13.1. The second kappa shape index (κ2) is 6.64. The fraction of sp³-hybridized carbons (Fsp3) is 0.533. The highest BCUT2D eigenvalue weighted by Crippen LogP contribution is 2.35. The van der Waals surface area contributed by atoms with Crippen LogP contribution in [0.1, 0.15) is 51.2 Å². The molecule has 1 aromatic rings. The van der Waals surface area contributed by atoms with Gasteiger partial charge < -0.3 is 11.1 Å². The van der Waals surface area contributed by atoms with Crippen molar-refractivity contribution in [2.24, 2.45) is 5.73 Å². The van der Waals surface area contributed by atoms with Crippen molar-refractivity contribution in [2.45, 2.75) is 51.7 Å². The number of alkyl halides is 3. The topological polar surface area (TPSA) is 38.0 Å². The largest absolute Gasteiger partial charge is 0.417 e. The van der Waals surface area contributed by atoms with Crippen LogP contribution in [0, 0.1) is 0 Å². The minimum Gasteiger partial charge on any atom is -0.389 e. The molecule has 0 unspecified atom stereocenters. The summed E-state index contributed by atoms with van der Waals surface area (Å²) in [7, 11) is 0. The summed E-state index contributed by atoms with van der Waals surface area (Å²) in [6.45, 7) is 6.07. The van der Waals surface area contributed by atoms with Gasteiger partial charge in [-0.1, -0.05) is 33.0 Å². The first-order valence-electron chi connectivity index (χ1n) is 6.98. The van der Waals surface area contributed by atoms with Crippen molar-refractivity contribution in [1.29, 1.82) is 0 Å². The van der Waals surface area contributed by atoms with Gasteiger partial charge in [0, 0.05) is 16.8 Å². The lowest BCUT2D eigenvalue weighted by Crippen LogP contribution is -2.36. The van der Waals surface area contributed by atoms with Crippen LogP contribution < -0.4 is 11.1 Å². The molecule has 0 amide bonds. The second-order valence-corrected chi connectivity index (χ2v) is 5.53. The molecule has 21 heavy (non-hydrogen) atoms. The number of rotatable bonds is 6. The summed E-state index contributed by atoms with van der Waals surface area (Å²) in [5, 5.41) is 3.24. The first-order chi connectivity index (χ1) is 9.69. The SMILES string of the molecule is CCC(CC)(CC)Nc1ccc(C(N)=S)c(C(F)(F)F)c1. The number of hydrogen-bond acceptors (Lipinski definition) is 2. The van der Waals surface area contributed by atoms with Crippen LogP contribution in [0.15, 0.2) is 18.2 Å². The van der Waals surface area contributed by atoms with Crippen LogP contribution in [-0.2, 0) is 6.18 Å². The van der Waals surface area contributed by atoms with Gasteiger partial charge in [-0.25, -0.2) is 0 Å². The molecule has 1 aromatic carbocycles. The molecule has 0 heterocycles. The molecule has 0 aliphatic heterocycles. The lowest BCUT2D eigenvalue weighted by molar-refractivity contribution is -0.137. The van der Waals surface area contributed by atoms with E-state index in [4.69, 9.17) is 18.0 Å². The molecule has 0 aliphatic rings. The third kappa shape index (κ3) is 4.09. The molecule has 0 spiro atoms. The van der Waals surface area contributed by atoms with Crippen LogP contribution in [0.4, 0.5) is 18.9 Å². The van der Waals surface area contributed by atoms with Crippen LogP contribution in [0.3, 0.4) is 0 Å². The highest BCUT2D eigenvalue weighted by atomic mass is 32.1. The summed E-state index contributed by atoms with van der Waals surface area (Å²) in [5.74, 6) is 0. The molecule has 118 valence electrons. The lowest BCUT2D eigenvalue weighted by atomic mass is 9.89. The maximum Gasteiger partial charge on any atom is 0.417 e. The fourth-order valence-corrected chi connectivity index (χ4v) is 2.57. The van der Waals surface area contributed by atoms with Crippen LogP contribution in [0.2, 0.25) is 0 Å². The van der Waals surface area contributed by atoms with Crippen molar-refractivity contribution >= 4 is 22.9 Å². The predicted octanol–water partition coefficient (Wildman–Crippen LogP) is 4.72. The Hall–Kier alpha value is -1.30. The van der Waals surface area contributed by atoms with E-state index < -0.39 is 11.7 Å². The molecular formula is C15H21F3N2S. The molecule has 0 fully saturated rings. The normalized spacial score (nSPS) is 12.3. The van der Waals surface area contributed by atoms with Crippen LogP contribution in [0.5, 0.6) is 0 Å². The number of thiocarbonyl (C=S) groups is 1. The first kappa shape index (κ1) is 17.8. The number of anilines is 1. The maximum atomic E-state index is 13.1. The molecule has 0 bridgehead atoms. The van der Waals surface area contributed by atoms with Crippen LogP contribution in [0.25, 0.3) is 0 Å². The van der Waals surface area contributed by atoms with Gasteiger partial charge in [-0.05, 0) is 37.5 Å². The van der Waals surface area contributed by atoms with E-state index in [-0.39, 0.29) is 16.1 Å². The van der Waals surface area contributed by atoms with E-state index in [2.05, 4.69) is 5.32 Å². The number of halogens is 3. The third-order valence-electron chi connectivity index (χ3n) is 4.03. The van der Waals surface area contributed by atoms with E-state index in [1.807, 2.05) is 20.8 Å². The Labute approximate surface area is 128 Å². The molecular weight excluding hydrogens is 297 g/mol. The van der Waals surface area contributed by atoms with E-state index in [1.165, 1.54) is 6.07 Å². The van der Waals surface area contributed by atoms with Gasteiger partial charge in [0.2, 0.25) is 0 Å². The van der Waals surface area contributed by atoms with Crippen molar-refractivity contribution in [3.8, 4) is 0 Å². The summed E-state index contributed by atoms with van der Waals surface area (Å²) >= 11 is 4.70. The van der Waals surface area contributed by atoms with Crippen molar-refractivity contribution in [3.05, 3.63) is 29.3 Å². The molecule has 0 aromatic heterocycles. The van der Waals surface area contributed by atoms with Gasteiger partial charge in [0.15, 0.2) is 0 Å². The van der Waals surface area contributed by atoms with Crippen molar-refractivity contribution in [2.75, 3.05) is 5.32 Å². The molecule has 3 N–H and O–H groups in total. The first-order valence-corrected chi connectivity index (χ1v) is 7.39. The fourth-order valence-electron chi connectivity index (χ4n) is 2.39. The highest BCUT2D eigenvalue weighted by molar-refractivity contribution is 7.80. The molecule has 6 heteroatoms. The van der Waals surface area contributed by atoms with Crippen molar-refractivity contribution in [1.82, 2.24) is 0 Å².